The first-order valence-electron chi connectivity index (χ1n) is 7.08. The molecule has 0 aliphatic rings. The number of hydrogen-bond donors (Lipinski definition) is 3. The van der Waals surface area contributed by atoms with Gasteiger partial charge in [-0.15, -0.1) is 0 Å². The number of benzene rings is 2. The fraction of sp³-hybridized carbons (Fsp3) is 0.0625. The third-order valence-electron chi connectivity index (χ3n) is 3.03. The van der Waals surface area contributed by atoms with Crippen LogP contribution in [-0.4, -0.2) is 28.7 Å². The summed E-state index contributed by atoms with van der Waals surface area (Å²) < 4.78 is 6.33. The first kappa shape index (κ1) is 21.9. The summed E-state index contributed by atoms with van der Waals surface area (Å²) in [4.78, 5) is 23.4. The second kappa shape index (κ2) is 9.70. The van der Waals surface area contributed by atoms with Gasteiger partial charge in [0.1, 0.15) is 5.75 Å². The number of thiocarbonyl (C=S) groups is 1. The molecule has 2 aromatic rings. The fourth-order valence-electron chi connectivity index (χ4n) is 1.91. The lowest BCUT2D eigenvalue weighted by Gasteiger charge is -2.14. The van der Waals surface area contributed by atoms with Crippen LogP contribution in [0.1, 0.15) is 10.4 Å². The molecule has 0 unspecified atom stereocenters. The van der Waals surface area contributed by atoms with Crippen molar-refractivity contribution in [3.63, 3.8) is 0 Å². The van der Waals surface area contributed by atoms with Gasteiger partial charge in [0.15, 0.2) is 11.7 Å². The van der Waals surface area contributed by atoms with E-state index in [2.05, 4.69) is 42.5 Å². The summed E-state index contributed by atoms with van der Waals surface area (Å²) in [6.07, 6.45) is 0. The lowest BCUT2D eigenvalue weighted by molar-refractivity contribution is -0.121. The number of amides is 1. The minimum absolute atomic E-state index is 0.0305. The van der Waals surface area contributed by atoms with Crippen molar-refractivity contribution in [3.05, 3.63) is 54.9 Å². The van der Waals surface area contributed by atoms with Crippen molar-refractivity contribution in [2.75, 3.05) is 11.9 Å². The van der Waals surface area contributed by atoms with Crippen LogP contribution >= 0.6 is 67.3 Å². The molecule has 0 fully saturated rings. The summed E-state index contributed by atoms with van der Waals surface area (Å²) in [5.74, 6) is -1.42. The molecule has 0 atom stereocenters. The molecule has 6 nitrogen and oxygen atoms in total. The highest BCUT2D eigenvalue weighted by Gasteiger charge is 2.17. The SMILES string of the molecule is O=C(COc1ccc(Cl)cc1Cl)NC(=S)Nc1c(Br)cc(Br)cc1C(=O)O. The Bertz CT molecular complexity index is 928. The van der Waals surface area contributed by atoms with E-state index in [4.69, 9.17) is 40.2 Å². The van der Waals surface area contributed by atoms with E-state index in [1.54, 1.807) is 12.1 Å². The molecule has 0 aliphatic heterocycles. The molecule has 0 saturated heterocycles. The monoisotopic (exact) mass is 554 g/mol. The van der Waals surface area contributed by atoms with Gasteiger partial charge in [0.05, 0.1) is 16.3 Å². The van der Waals surface area contributed by atoms with Crippen LogP contribution in [0.5, 0.6) is 5.75 Å². The van der Waals surface area contributed by atoms with Crippen LogP contribution in [0.3, 0.4) is 0 Å². The zero-order chi connectivity index (χ0) is 20.1. The van der Waals surface area contributed by atoms with Gasteiger partial charge in [-0.3, -0.25) is 10.1 Å². The summed E-state index contributed by atoms with van der Waals surface area (Å²) in [5, 5.41) is 15.0. The van der Waals surface area contributed by atoms with E-state index < -0.39 is 11.9 Å². The average molecular weight is 557 g/mol. The highest BCUT2D eigenvalue weighted by Crippen LogP contribution is 2.31. The summed E-state index contributed by atoms with van der Waals surface area (Å²) in [6, 6.07) is 7.65. The van der Waals surface area contributed by atoms with Gasteiger partial charge in [-0.05, 0) is 58.5 Å². The normalized spacial score (nSPS) is 10.2. The number of nitrogens with one attached hydrogen (secondary N) is 2. The molecule has 0 saturated carbocycles. The molecule has 0 aliphatic carbocycles. The number of halogens is 4. The number of rotatable bonds is 5. The molecule has 11 heteroatoms. The van der Waals surface area contributed by atoms with Crippen LogP contribution in [0.4, 0.5) is 5.69 Å². The van der Waals surface area contributed by atoms with Gasteiger partial charge >= 0.3 is 5.97 Å². The van der Waals surface area contributed by atoms with Gasteiger partial charge in [0.2, 0.25) is 0 Å². The second-order valence-electron chi connectivity index (χ2n) is 4.98. The van der Waals surface area contributed by atoms with Crippen LogP contribution in [0.2, 0.25) is 10.0 Å². The zero-order valence-corrected chi connectivity index (χ0v) is 18.7. The number of carboxylic acids is 1. The van der Waals surface area contributed by atoms with Crippen molar-refractivity contribution in [3.8, 4) is 5.75 Å². The van der Waals surface area contributed by atoms with Gasteiger partial charge < -0.3 is 15.2 Å². The standard InChI is InChI=1S/C16H10Br2Cl2N2O4S/c17-7-3-9(15(24)25)14(10(18)4-7)22-16(27)21-13(23)6-26-12-2-1-8(19)5-11(12)20/h1-5H,6H2,(H,24,25)(H2,21,22,23,27). The van der Waals surface area contributed by atoms with Crippen LogP contribution in [0.15, 0.2) is 39.3 Å². The number of carbonyl (C=O) groups excluding carboxylic acids is 1. The van der Waals surface area contributed by atoms with Crippen LogP contribution in [0.25, 0.3) is 0 Å². The van der Waals surface area contributed by atoms with Crippen LogP contribution < -0.4 is 15.4 Å². The number of hydrogen-bond acceptors (Lipinski definition) is 4. The maximum atomic E-state index is 12.0. The predicted octanol–water partition coefficient (Wildman–Crippen LogP) is 5.11. The van der Waals surface area contributed by atoms with E-state index in [1.807, 2.05) is 0 Å². The molecule has 0 radical (unpaired) electrons. The topological polar surface area (TPSA) is 87.7 Å². The van der Waals surface area contributed by atoms with E-state index in [0.29, 0.717) is 19.7 Å². The molecular weight excluding hydrogens is 547 g/mol. The Morgan fingerprint density at radius 3 is 2.52 bits per heavy atom. The van der Waals surface area contributed by atoms with Crippen molar-refractivity contribution in [1.29, 1.82) is 0 Å². The number of ether oxygens (including phenoxy) is 1. The third kappa shape index (κ3) is 6.32. The molecule has 0 bridgehead atoms. The Kier molecular flexibility index (Phi) is 7.87. The smallest absolute Gasteiger partial charge is 0.337 e. The summed E-state index contributed by atoms with van der Waals surface area (Å²) in [5.41, 5.74) is 0.176. The molecule has 0 spiro atoms. The number of carbonyl (C=O) groups is 2. The van der Waals surface area contributed by atoms with Gasteiger partial charge in [-0.25, -0.2) is 4.79 Å². The third-order valence-corrected chi connectivity index (χ3v) is 4.85. The molecule has 3 N–H and O–H groups in total. The van der Waals surface area contributed by atoms with Crippen molar-refractivity contribution in [1.82, 2.24) is 5.32 Å². The molecule has 2 aromatic carbocycles. The average Bonchev–Trinajstić information content (AvgIpc) is 2.56. The molecule has 1 amide bonds. The lowest BCUT2D eigenvalue weighted by Crippen LogP contribution is -2.37. The largest absolute Gasteiger partial charge is 0.482 e. The van der Waals surface area contributed by atoms with E-state index in [0.717, 1.165) is 0 Å². The molecule has 2 rings (SSSR count). The maximum Gasteiger partial charge on any atom is 0.337 e. The molecule has 0 heterocycles. The van der Waals surface area contributed by atoms with E-state index in [1.165, 1.54) is 18.2 Å². The predicted molar refractivity (Wildman–Crippen MR) is 115 cm³/mol. The van der Waals surface area contributed by atoms with Crippen molar-refractivity contribution < 1.29 is 19.4 Å². The first-order valence-corrected chi connectivity index (χ1v) is 9.83. The number of anilines is 1. The zero-order valence-electron chi connectivity index (χ0n) is 13.2. The second-order valence-corrected chi connectivity index (χ2v) is 8.00. The minimum Gasteiger partial charge on any atom is -0.482 e. The van der Waals surface area contributed by atoms with Gasteiger partial charge in [0.25, 0.3) is 5.91 Å². The van der Waals surface area contributed by atoms with Gasteiger partial charge in [-0.1, -0.05) is 39.1 Å². The Hall–Kier alpha value is -1.39. The molecular formula is C16H10Br2Cl2N2O4S. The van der Waals surface area contributed by atoms with E-state index in [9.17, 15) is 14.7 Å². The Morgan fingerprint density at radius 1 is 1.19 bits per heavy atom. The quantitative estimate of drug-likeness (QED) is 0.444. The number of carboxylic acid groups (broad SMARTS) is 1. The van der Waals surface area contributed by atoms with Crippen LogP contribution in [-0.2, 0) is 4.79 Å². The molecule has 27 heavy (non-hydrogen) atoms. The van der Waals surface area contributed by atoms with Crippen molar-refractivity contribution >= 4 is 90.0 Å². The van der Waals surface area contributed by atoms with Crippen molar-refractivity contribution in [2.45, 2.75) is 0 Å². The Balaban J connectivity index is 1.99. The summed E-state index contributed by atoms with van der Waals surface area (Å²) >= 11 is 23.3. The van der Waals surface area contributed by atoms with Crippen molar-refractivity contribution in [2.24, 2.45) is 0 Å². The Morgan fingerprint density at radius 2 is 1.89 bits per heavy atom. The van der Waals surface area contributed by atoms with Crippen LogP contribution in [0, 0.1) is 0 Å². The van der Waals surface area contributed by atoms with Gasteiger partial charge in [-0.2, -0.15) is 0 Å². The summed E-state index contributed by atoms with van der Waals surface area (Å²) in [6.45, 7) is -0.351. The molecule has 0 aromatic heterocycles. The first-order chi connectivity index (χ1) is 12.7. The lowest BCUT2D eigenvalue weighted by atomic mass is 10.2. The fourth-order valence-corrected chi connectivity index (χ4v) is 3.92. The maximum absolute atomic E-state index is 12.0. The number of aromatic carboxylic acids is 1. The van der Waals surface area contributed by atoms with E-state index >= 15 is 0 Å². The highest BCUT2D eigenvalue weighted by molar-refractivity contribution is 9.11. The molecule has 142 valence electrons. The van der Waals surface area contributed by atoms with E-state index in [-0.39, 0.29) is 28.0 Å². The highest BCUT2D eigenvalue weighted by atomic mass is 79.9. The Labute approximate surface area is 186 Å². The minimum atomic E-state index is -1.16. The summed E-state index contributed by atoms with van der Waals surface area (Å²) in [7, 11) is 0. The van der Waals surface area contributed by atoms with Gasteiger partial charge in [0, 0.05) is 14.0 Å².